The van der Waals surface area contributed by atoms with E-state index in [9.17, 15) is 4.79 Å². The summed E-state index contributed by atoms with van der Waals surface area (Å²) in [6.45, 7) is 0.457. The third kappa shape index (κ3) is 5.48. The van der Waals surface area contributed by atoms with E-state index in [0.29, 0.717) is 33.1 Å². The highest BCUT2D eigenvalue weighted by molar-refractivity contribution is 8.18. The number of carbonyl (C=O) groups excluding carboxylic acids is 1. The lowest BCUT2D eigenvalue weighted by atomic mass is 10.2. The average Bonchev–Trinajstić information content (AvgIpc) is 3.13. The van der Waals surface area contributed by atoms with Crippen LogP contribution in [0.4, 0.5) is 5.69 Å². The first-order chi connectivity index (χ1) is 15.1. The lowest BCUT2D eigenvalue weighted by Gasteiger charge is -2.06. The number of carbonyl (C=O) groups is 1. The van der Waals surface area contributed by atoms with Crippen molar-refractivity contribution in [2.45, 2.75) is 6.61 Å². The van der Waals surface area contributed by atoms with E-state index >= 15 is 0 Å². The first-order valence-electron chi connectivity index (χ1n) is 9.50. The summed E-state index contributed by atoms with van der Waals surface area (Å²) in [5.41, 5.74) is 2.60. The first kappa shape index (κ1) is 21.0. The molecule has 5 nitrogen and oxygen atoms in total. The van der Waals surface area contributed by atoms with Crippen LogP contribution in [0.3, 0.4) is 0 Å². The third-order valence-corrected chi connectivity index (χ3v) is 5.62. The minimum Gasteiger partial charge on any atom is -0.494 e. The molecule has 7 heteroatoms. The Hall–Kier alpha value is -3.22. The normalized spacial score (nSPS) is 15.9. The number of para-hydroxylation sites is 2. The predicted octanol–water partition coefficient (Wildman–Crippen LogP) is 5.82. The van der Waals surface area contributed by atoms with Crippen molar-refractivity contribution in [2.75, 3.05) is 7.11 Å². The van der Waals surface area contributed by atoms with E-state index in [1.54, 1.807) is 7.11 Å². The number of nitrogens with one attached hydrogen (secondary N) is 1. The Labute approximate surface area is 189 Å². The van der Waals surface area contributed by atoms with Crippen molar-refractivity contribution in [2.24, 2.45) is 4.99 Å². The van der Waals surface area contributed by atoms with Crippen LogP contribution in [0.2, 0.25) is 5.02 Å². The van der Waals surface area contributed by atoms with Crippen molar-refractivity contribution in [3.8, 4) is 11.5 Å². The fraction of sp³-hybridized carbons (Fsp3) is 0.0833. The number of nitrogens with zero attached hydrogens (tertiary/aromatic N) is 1. The molecule has 1 N–H and O–H groups in total. The van der Waals surface area contributed by atoms with Gasteiger partial charge in [-0.3, -0.25) is 4.79 Å². The van der Waals surface area contributed by atoms with Crippen molar-refractivity contribution in [1.29, 1.82) is 0 Å². The quantitative estimate of drug-likeness (QED) is 0.481. The molecule has 1 fully saturated rings. The van der Waals surface area contributed by atoms with E-state index in [0.717, 1.165) is 16.9 Å². The molecule has 0 atom stereocenters. The third-order valence-electron chi connectivity index (χ3n) is 4.45. The van der Waals surface area contributed by atoms with Crippen LogP contribution in [0.15, 0.2) is 82.7 Å². The molecular weight excluding hydrogens is 432 g/mol. The van der Waals surface area contributed by atoms with Crippen molar-refractivity contribution in [1.82, 2.24) is 5.32 Å². The summed E-state index contributed by atoms with van der Waals surface area (Å²) in [7, 11) is 1.59. The maximum atomic E-state index is 12.3. The SMILES string of the molecule is COc1ccccc1N=C1NC(=O)C(=Cc2ccc(OCc3ccc(Cl)cc3)cc2)S1. The highest BCUT2D eigenvalue weighted by Gasteiger charge is 2.24. The smallest absolute Gasteiger partial charge is 0.264 e. The van der Waals surface area contributed by atoms with Crippen LogP contribution in [0, 0.1) is 0 Å². The molecule has 0 saturated carbocycles. The molecule has 1 saturated heterocycles. The zero-order chi connectivity index (χ0) is 21.6. The van der Waals surface area contributed by atoms with Crippen LogP contribution in [0.25, 0.3) is 6.08 Å². The fourth-order valence-corrected chi connectivity index (χ4v) is 3.83. The van der Waals surface area contributed by atoms with Gasteiger partial charge < -0.3 is 14.8 Å². The summed E-state index contributed by atoms with van der Waals surface area (Å²) in [6.07, 6.45) is 1.83. The standard InChI is InChI=1S/C24H19ClN2O3S/c1-29-21-5-3-2-4-20(21)26-24-27-23(28)22(31-24)14-16-8-12-19(13-9-16)30-15-17-6-10-18(25)11-7-17/h2-14H,15H2,1H3,(H,26,27,28). The molecule has 0 spiro atoms. The number of halogens is 1. The van der Waals surface area contributed by atoms with Gasteiger partial charge in [0, 0.05) is 5.02 Å². The molecule has 0 radical (unpaired) electrons. The second kappa shape index (κ2) is 9.73. The van der Waals surface area contributed by atoms with Gasteiger partial charge in [0.05, 0.1) is 12.0 Å². The number of ether oxygens (including phenoxy) is 2. The van der Waals surface area contributed by atoms with Crippen molar-refractivity contribution >= 4 is 46.2 Å². The van der Waals surface area contributed by atoms with Crippen LogP contribution < -0.4 is 14.8 Å². The van der Waals surface area contributed by atoms with Gasteiger partial charge in [-0.15, -0.1) is 0 Å². The Bertz CT molecular complexity index is 1140. The Kier molecular flexibility index (Phi) is 6.60. The molecule has 3 aromatic rings. The van der Waals surface area contributed by atoms with Crippen LogP contribution in [0.5, 0.6) is 11.5 Å². The average molecular weight is 451 g/mol. The molecule has 3 aromatic carbocycles. The molecule has 0 bridgehead atoms. The van der Waals surface area contributed by atoms with Gasteiger partial charge in [0.15, 0.2) is 5.17 Å². The number of aliphatic imine (C=N–C) groups is 1. The molecule has 1 amide bonds. The monoisotopic (exact) mass is 450 g/mol. The van der Waals surface area contributed by atoms with Gasteiger partial charge in [-0.05, 0) is 65.4 Å². The van der Waals surface area contributed by atoms with Crippen LogP contribution in [-0.4, -0.2) is 18.2 Å². The fourth-order valence-electron chi connectivity index (χ4n) is 2.87. The Morgan fingerprint density at radius 2 is 1.77 bits per heavy atom. The largest absolute Gasteiger partial charge is 0.494 e. The summed E-state index contributed by atoms with van der Waals surface area (Å²) in [4.78, 5) is 17.4. The van der Waals surface area contributed by atoms with Crippen LogP contribution in [0.1, 0.15) is 11.1 Å². The summed E-state index contributed by atoms with van der Waals surface area (Å²) < 4.78 is 11.1. The van der Waals surface area contributed by atoms with Crippen molar-refractivity contribution in [3.05, 3.63) is 93.9 Å². The molecular formula is C24H19ClN2O3S. The molecule has 1 heterocycles. The van der Waals surface area contributed by atoms with Gasteiger partial charge in [0.25, 0.3) is 5.91 Å². The zero-order valence-electron chi connectivity index (χ0n) is 16.7. The summed E-state index contributed by atoms with van der Waals surface area (Å²) in [6, 6.07) is 22.5. The number of amidine groups is 1. The molecule has 0 unspecified atom stereocenters. The molecule has 1 aliphatic rings. The number of methoxy groups -OCH3 is 1. The number of amides is 1. The van der Waals surface area contributed by atoms with E-state index in [2.05, 4.69) is 10.3 Å². The minimum atomic E-state index is -0.179. The summed E-state index contributed by atoms with van der Waals surface area (Å²) in [5.74, 6) is 1.22. The van der Waals surface area contributed by atoms with Gasteiger partial charge in [0.2, 0.25) is 0 Å². The Morgan fingerprint density at radius 1 is 1.03 bits per heavy atom. The zero-order valence-corrected chi connectivity index (χ0v) is 18.2. The Balaban J connectivity index is 1.42. The van der Waals surface area contributed by atoms with Gasteiger partial charge >= 0.3 is 0 Å². The van der Waals surface area contributed by atoms with E-state index in [1.807, 2.05) is 78.9 Å². The number of hydrogen-bond donors (Lipinski definition) is 1. The second-order valence-corrected chi connectivity index (χ2v) is 8.10. The molecule has 1 aliphatic heterocycles. The predicted molar refractivity (Wildman–Crippen MR) is 126 cm³/mol. The topological polar surface area (TPSA) is 59.9 Å². The van der Waals surface area contributed by atoms with Crippen molar-refractivity contribution < 1.29 is 14.3 Å². The maximum absolute atomic E-state index is 12.3. The van der Waals surface area contributed by atoms with Crippen molar-refractivity contribution in [3.63, 3.8) is 0 Å². The molecule has 0 aliphatic carbocycles. The lowest BCUT2D eigenvalue weighted by Crippen LogP contribution is -2.19. The van der Waals surface area contributed by atoms with Gasteiger partial charge in [-0.1, -0.05) is 48.0 Å². The van der Waals surface area contributed by atoms with Gasteiger partial charge in [0.1, 0.15) is 23.8 Å². The number of rotatable bonds is 6. The van der Waals surface area contributed by atoms with Gasteiger partial charge in [-0.25, -0.2) is 4.99 Å². The second-order valence-electron chi connectivity index (χ2n) is 6.64. The summed E-state index contributed by atoms with van der Waals surface area (Å²) >= 11 is 7.19. The van der Waals surface area contributed by atoms with Crippen LogP contribution in [-0.2, 0) is 11.4 Å². The van der Waals surface area contributed by atoms with E-state index < -0.39 is 0 Å². The van der Waals surface area contributed by atoms with Crippen LogP contribution >= 0.6 is 23.4 Å². The molecule has 156 valence electrons. The van der Waals surface area contributed by atoms with E-state index in [1.165, 1.54) is 11.8 Å². The maximum Gasteiger partial charge on any atom is 0.264 e. The first-order valence-corrected chi connectivity index (χ1v) is 10.7. The minimum absolute atomic E-state index is 0.179. The molecule has 4 rings (SSSR count). The number of hydrogen-bond acceptors (Lipinski definition) is 5. The van der Waals surface area contributed by atoms with E-state index in [4.69, 9.17) is 21.1 Å². The number of benzene rings is 3. The molecule has 0 aromatic heterocycles. The lowest BCUT2D eigenvalue weighted by molar-refractivity contribution is -0.115. The highest BCUT2D eigenvalue weighted by atomic mass is 35.5. The Morgan fingerprint density at radius 3 is 2.52 bits per heavy atom. The molecule has 31 heavy (non-hydrogen) atoms. The highest BCUT2D eigenvalue weighted by Crippen LogP contribution is 2.32. The van der Waals surface area contributed by atoms with Gasteiger partial charge in [-0.2, -0.15) is 0 Å². The number of thioether (sulfide) groups is 1. The summed E-state index contributed by atoms with van der Waals surface area (Å²) in [5, 5.41) is 4.01. The van der Waals surface area contributed by atoms with E-state index in [-0.39, 0.29) is 5.91 Å².